The Morgan fingerprint density at radius 3 is 2.57 bits per heavy atom. The fraction of sp³-hybridized carbons (Fsp3) is 0.188. The van der Waals surface area contributed by atoms with Crippen LogP contribution in [0.3, 0.4) is 0 Å². The molecule has 2 amide bonds. The predicted octanol–water partition coefficient (Wildman–Crippen LogP) is 2.25. The van der Waals surface area contributed by atoms with E-state index < -0.39 is 11.8 Å². The lowest BCUT2D eigenvalue weighted by molar-refractivity contribution is -0.123. The number of nitrogens with zero attached hydrogens (tertiary/aromatic N) is 1. The summed E-state index contributed by atoms with van der Waals surface area (Å²) in [6.07, 6.45) is 3.91. The molecule has 0 bridgehead atoms. The average Bonchev–Trinajstić information content (AvgIpc) is 2.58. The second-order valence-electron chi connectivity index (χ2n) is 4.68. The molecule has 120 valence electrons. The minimum atomic E-state index is -0.459. The summed E-state index contributed by atoms with van der Waals surface area (Å²) in [5.74, 6) is -0.319. The third-order valence-corrected chi connectivity index (χ3v) is 3.42. The highest BCUT2D eigenvalue weighted by Crippen LogP contribution is 2.12. The second kappa shape index (κ2) is 8.28. The highest BCUT2D eigenvalue weighted by atomic mass is 79.9. The Balaban J connectivity index is 1.77. The first-order valence-electron chi connectivity index (χ1n) is 7.00. The quantitative estimate of drug-likeness (QED) is 0.783. The summed E-state index contributed by atoms with van der Waals surface area (Å²) in [5, 5.41) is 0. The van der Waals surface area contributed by atoms with Gasteiger partial charge in [-0.05, 0) is 46.1 Å². The Hall–Kier alpha value is -2.41. The van der Waals surface area contributed by atoms with Gasteiger partial charge in [0.15, 0.2) is 6.61 Å². The largest absolute Gasteiger partial charge is 0.484 e. The maximum atomic E-state index is 11.8. The number of hydrazine groups is 1. The van der Waals surface area contributed by atoms with Gasteiger partial charge < -0.3 is 4.74 Å². The van der Waals surface area contributed by atoms with Crippen LogP contribution in [0.1, 0.15) is 22.8 Å². The number of pyridine rings is 1. The van der Waals surface area contributed by atoms with E-state index in [-0.39, 0.29) is 6.61 Å². The fourth-order valence-corrected chi connectivity index (χ4v) is 2.11. The maximum Gasteiger partial charge on any atom is 0.276 e. The van der Waals surface area contributed by atoms with Crippen LogP contribution < -0.4 is 15.6 Å². The first-order valence-corrected chi connectivity index (χ1v) is 7.79. The number of aromatic nitrogens is 1. The van der Waals surface area contributed by atoms with Crippen LogP contribution in [0.5, 0.6) is 5.75 Å². The van der Waals surface area contributed by atoms with Gasteiger partial charge in [0.25, 0.3) is 11.8 Å². The van der Waals surface area contributed by atoms with E-state index in [9.17, 15) is 9.59 Å². The Morgan fingerprint density at radius 1 is 1.17 bits per heavy atom. The van der Waals surface area contributed by atoms with Gasteiger partial charge in [-0.2, -0.15) is 0 Å². The Labute approximate surface area is 142 Å². The van der Waals surface area contributed by atoms with Gasteiger partial charge in [0.2, 0.25) is 0 Å². The van der Waals surface area contributed by atoms with Crippen molar-refractivity contribution in [2.24, 2.45) is 0 Å². The molecule has 2 rings (SSSR count). The lowest BCUT2D eigenvalue weighted by Gasteiger charge is -2.09. The molecular weight excluding hydrogens is 362 g/mol. The number of halogens is 1. The standard InChI is InChI=1S/C16H16BrN3O3/c1-2-11-3-5-14(6-4-11)23-10-15(21)19-20-16(22)12-7-13(17)9-18-8-12/h3-9H,2,10H2,1H3,(H,19,21)(H,20,22). The van der Waals surface area contributed by atoms with Crippen LogP contribution in [0, 0.1) is 0 Å². The monoisotopic (exact) mass is 377 g/mol. The van der Waals surface area contributed by atoms with Gasteiger partial charge >= 0.3 is 0 Å². The van der Waals surface area contributed by atoms with Crippen molar-refractivity contribution in [2.45, 2.75) is 13.3 Å². The topological polar surface area (TPSA) is 80.3 Å². The molecule has 0 radical (unpaired) electrons. The number of benzene rings is 1. The zero-order chi connectivity index (χ0) is 16.7. The van der Waals surface area contributed by atoms with E-state index in [0.717, 1.165) is 6.42 Å². The van der Waals surface area contributed by atoms with E-state index >= 15 is 0 Å². The van der Waals surface area contributed by atoms with Crippen molar-refractivity contribution in [3.63, 3.8) is 0 Å². The molecule has 1 aromatic carbocycles. The Kier molecular flexibility index (Phi) is 6.10. The molecule has 0 atom stereocenters. The van der Waals surface area contributed by atoms with E-state index in [4.69, 9.17) is 4.74 Å². The normalized spacial score (nSPS) is 10.0. The number of hydrogen-bond acceptors (Lipinski definition) is 4. The summed E-state index contributed by atoms with van der Waals surface area (Å²) in [7, 11) is 0. The molecule has 1 heterocycles. The summed E-state index contributed by atoms with van der Waals surface area (Å²) < 4.78 is 6.02. The van der Waals surface area contributed by atoms with Gasteiger partial charge in [-0.3, -0.25) is 25.4 Å². The molecule has 6 nitrogen and oxygen atoms in total. The van der Waals surface area contributed by atoms with Gasteiger partial charge in [-0.1, -0.05) is 19.1 Å². The molecule has 0 unspecified atom stereocenters. The van der Waals surface area contributed by atoms with Gasteiger partial charge in [-0.15, -0.1) is 0 Å². The fourth-order valence-electron chi connectivity index (χ4n) is 1.74. The van der Waals surface area contributed by atoms with Crippen molar-refractivity contribution < 1.29 is 14.3 Å². The highest BCUT2D eigenvalue weighted by Gasteiger charge is 2.08. The van der Waals surface area contributed by atoms with Crippen LogP contribution in [0.25, 0.3) is 0 Å². The van der Waals surface area contributed by atoms with Crippen molar-refractivity contribution in [1.82, 2.24) is 15.8 Å². The lowest BCUT2D eigenvalue weighted by Crippen LogP contribution is -2.43. The van der Waals surface area contributed by atoms with E-state index in [1.807, 2.05) is 12.1 Å². The SMILES string of the molecule is CCc1ccc(OCC(=O)NNC(=O)c2cncc(Br)c2)cc1. The van der Waals surface area contributed by atoms with E-state index in [0.29, 0.717) is 15.8 Å². The number of carbonyl (C=O) groups excluding carboxylic acids is 2. The van der Waals surface area contributed by atoms with Crippen LogP contribution in [0.15, 0.2) is 47.2 Å². The van der Waals surface area contributed by atoms with E-state index in [1.165, 1.54) is 11.8 Å². The zero-order valence-electron chi connectivity index (χ0n) is 12.5. The number of ether oxygens (including phenoxy) is 1. The third kappa shape index (κ3) is 5.37. The number of carbonyl (C=O) groups is 2. The summed E-state index contributed by atoms with van der Waals surface area (Å²) in [6, 6.07) is 9.08. The van der Waals surface area contributed by atoms with Crippen molar-refractivity contribution in [3.8, 4) is 5.75 Å². The molecular formula is C16H16BrN3O3. The van der Waals surface area contributed by atoms with Gasteiger partial charge in [0, 0.05) is 16.9 Å². The summed E-state index contributed by atoms with van der Waals surface area (Å²) in [4.78, 5) is 27.4. The molecule has 2 N–H and O–H groups in total. The molecule has 0 aliphatic rings. The van der Waals surface area contributed by atoms with Crippen molar-refractivity contribution in [2.75, 3.05) is 6.61 Å². The van der Waals surface area contributed by atoms with Crippen LogP contribution in [0.4, 0.5) is 0 Å². The van der Waals surface area contributed by atoms with Crippen molar-refractivity contribution in [1.29, 1.82) is 0 Å². The van der Waals surface area contributed by atoms with Crippen LogP contribution >= 0.6 is 15.9 Å². The molecule has 1 aromatic heterocycles. The number of amides is 2. The zero-order valence-corrected chi connectivity index (χ0v) is 14.1. The summed E-state index contributed by atoms with van der Waals surface area (Å²) in [6.45, 7) is 1.87. The van der Waals surface area contributed by atoms with Gasteiger partial charge in [0.1, 0.15) is 5.75 Å². The molecule has 7 heteroatoms. The van der Waals surface area contributed by atoms with Crippen LogP contribution in [-0.4, -0.2) is 23.4 Å². The number of rotatable bonds is 5. The Bertz CT molecular complexity index is 689. The van der Waals surface area contributed by atoms with Gasteiger partial charge in [0.05, 0.1) is 5.56 Å². The van der Waals surface area contributed by atoms with E-state index in [1.54, 1.807) is 24.4 Å². The molecule has 0 saturated heterocycles. The number of hydrogen-bond donors (Lipinski definition) is 2. The molecule has 0 saturated carbocycles. The van der Waals surface area contributed by atoms with Crippen molar-refractivity contribution >= 4 is 27.7 Å². The molecule has 2 aromatic rings. The van der Waals surface area contributed by atoms with Crippen LogP contribution in [-0.2, 0) is 11.2 Å². The minimum Gasteiger partial charge on any atom is -0.484 e. The maximum absolute atomic E-state index is 11.8. The van der Waals surface area contributed by atoms with Crippen LogP contribution in [0.2, 0.25) is 0 Å². The molecule has 0 aliphatic carbocycles. The first kappa shape index (κ1) is 17.0. The average molecular weight is 378 g/mol. The summed E-state index contributed by atoms with van der Waals surface area (Å²) in [5.41, 5.74) is 6.11. The molecule has 0 fully saturated rings. The second-order valence-corrected chi connectivity index (χ2v) is 5.60. The number of aryl methyl sites for hydroxylation is 1. The minimum absolute atomic E-state index is 0.192. The Morgan fingerprint density at radius 2 is 1.91 bits per heavy atom. The smallest absolute Gasteiger partial charge is 0.276 e. The highest BCUT2D eigenvalue weighted by molar-refractivity contribution is 9.10. The summed E-state index contributed by atoms with van der Waals surface area (Å²) >= 11 is 3.22. The molecule has 0 aliphatic heterocycles. The number of nitrogens with one attached hydrogen (secondary N) is 2. The first-order chi connectivity index (χ1) is 11.1. The van der Waals surface area contributed by atoms with Crippen molar-refractivity contribution in [3.05, 3.63) is 58.3 Å². The lowest BCUT2D eigenvalue weighted by atomic mass is 10.2. The predicted molar refractivity (Wildman–Crippen MR) is 88.9 cm³/mol. The molecule has 23 heavy (non-hydrogen) atoms. The molecule has 0 spiro atoms. The van der Waals surface area contributed by atoms with Gasteiger partial charge in [-0.25, -0.2) is 0 Å². The van der Waals surface area contributed by atoms with E-state index in [2.05, 4.69) is 38.7 Å². The third-order valence-electron chi connectivity index (χ3n) is 2.98.